The Bertz CT molecular complexity index is 1630. The van der Waals surface area contributed by atoms with Gasteiger partial charge in [-0.1, -0.05) is 55.4 Å². The van der Waals surface area contributed by atoms with E-state index in [0.717, 1.165) is 47.1 Å². The predicted molar refractivity (Wildman–Crippen MR) is 162 cm³/mol. The maximum absolute atomic E-state index is 14.6. The number of esters is 1. The zero-order chi connectivity index (χ0) is 30.0. The topological polar surface area (TPSA) is 107 Å². The standard InChI is InChI=1S/C35H37NO6S/c1-33-14-11-23(37)18-22(33)9-10-25-26-12-15-35(34(26,2)19-27(38)30(25)33,42-32(40)28-8-5-17-41-28)29(39)20-43-31-24-7-4-3-6-21(24)13-16-36-31/h3-8,13,16-18,25-27,30,38H,9-12,14-15,19-20H2,1-2H3/t25-,26-,27-,30+,33-,34-,35-/m0/s1. The van der Waals surface area contributed by atoms with Crippen LogP contribution in [-0.4, -0.2) is 45.1 Å². The summed E-state index contributed by atoms with van der Waals surface area (Å²) < 4.78 is 11.7. The molecule has 0 aliphatic heterocycles. The first-order valence-electron chi connectivity index (χ1n) is 15.3. The first-order chi connectivity index (χ1) is 20.7. The van der Waals surface area contributed by atoms with E-state index in [1.54, 1.807) is 18.3 Å². The lowest BCUT2D eigenvalue weighted by molar-refractivity contribution is -0.180. The second-order valence-electron chi connectivity index (χ2n) is 13.4. The number of carbonyl (C=O) groups is 3. The van der Waals surface area contributed by atoms with Crippen molar-refractivity contribution >= 4 is 40.1 Å². The van der Waals surface area contributed by atoms with Gasteiger partial charge in [-0.05, 0) is 91.4 Å². The van der Waals surface area contributed by atoms with Crippen molar-refractivity contribution in [2.75, 3.05) is 5.75 Å². The van der Waals surface area contributed by atoms with Crippen molar-refractivity contribution in [1.29, 1.82) is 0 Å². The monoisotopic (exact) mass is 599 g/mol. The highest BCUT2D eigenvalue weighted by atomic mass is 32.2. The molecular formula is C35H37NO6S. The minimum Gasteiger partial charge on any atom is -0.457 e. The zero-order valence-electron chi connectivity index (χ0n) is 24.6. The lowest BCUT2D eigenvalue weighted by Gasteiger charge is -2.60. The van der Waals surface area contributed by atoms with E-state index >= 15 is 0 Å². The SMILES string of the molecule is C[C@]12CCC(=O)C=C1CC[C@@H]1[C@@H]2[C@@H](O)C[C@@]2(C)[C@H]1CC[C@]2(OC(=O)c1ccco1)C(=O)CSc1nccc2ccccc12. The highest BCUT2D eigenvalue weighted by Gasteiger charge is 2.70. The molecular weight excluding hydrogens is 562 g/mol. The van der Waals surface area contributed by atoms with Crippen LogP contribution in [0, 0.1) is 28.6 Å². The summed E-state index contributed by atoms with van der Waals surface area (Å²) in [5.74, 6) is -0.242. The Morgan fingerprint density at radius 3 is 2.74 bits per heavy atom. The number of ketones is 2. The van der Waals surface area contributed by atoms with E-state index in [1.807, 2.05) is 36.4 Å². The smallest absolute Gasteiger partial charge is 0.375 e. The molecule has 2 aromatic heterocycles. The number of carbonyl (C=O) groups excluding carboxylic acids is 3. The number of aliphatic hydroxyl groups excluding tert-OH is 1. The normalized spacial score (nSPS) is 35.0. The molecule has 3 fully saturated rings. The number of hydrogen-bond donors (Lipinski definition) is 1. The maximum atomic E-state index is 14.6. The quantitative estimate of drug-likeness (QED) is 0.250. The van der Waals surface area contributed by atoms with Gasteiger partial charge in [0.25, 0.3) is 0 Å². The van der Waals surface area contributed by atoms with Gasteiger partial charge in [0.2, 0.25) is 5.76 Å². The van der Waals surface area contributed by atoms with Gasteiger partial charge < -0.3 is 14.3 Å². The number of aromatic nitrogens is 1. The van der Waals surface area contributed by atoms with Gasteiger partial charge in [-0.15, -0.1) is 0 Å². The molecule has 0 radical (unpaired) electrons. The molecule has 3 aromatic rings. The fourth-order valence-corrected chi connectivity index (χ4v) is 10.4. The van der Waals surface area contributed by atoms with Crippen LogP contribution < -0.4 is 0 Å². The van der Waals surface area contributed by atoms with E-state index in [-0.39, 0.29) is 46.2 Å². The Balaban J connectivity index is 1.24. The second-order valence-corrected chi connectivity index (χ2v) is 14.3. The van der Waals surface area contributed by atoms with Gasteiger partial charge in [-0.25, -0.2) is 9.78 Å². The predicted octanol–water partition coefficient (Wildman–Crippen LogP) is 6.59. The summed E-state index contributed by atoms with van der Waals surface area (Å²) in [5, 5.41) is 14.7. The number of fused-ring (bicyclic) bond motifs is 6. The lowest BCUT2D eigenvalue weighted by atomic mass is 9.45. The van der Waals surface area contributed by atoms with Crippen LogP contribution in [-0.2, 0) is 14.3 Å². The van der Waals surface area contributed by atoms with Gasteiger partial charge in [0.1, 0.15) is 5.03 Å². The number of ether oxygens (including phenoxy) is 1. The van der Waals surface area contributed by atoms with E-state index in [9.17, 15) is 19.5 Å². The summed E-state index contributed by atoms with van der Waals surface area (Å²) >= 11 is 1.37. The molecule has 3 saturated carbocycles. The number of benzene rings is 1. The Kier molecular flexibility index (Phi) is 6.93. The van der Waals surface area contributed by atoms with Crippen molar-refractivity contribution < 1.29 is 28.6 Å². The summed E-state index contributed by atoms with van der Waals surface area (Å²) in [6, 6.07) is 13.1. The van der Waals surface area contributed by atoms with Crippen LogP contribution in [0.15, 0.2) is 76.0 Å². The third-order valence-corrected chi connectivity index (χ3v) is 12.4. The van der Waals surface area contributed by atoms with E-state index in [1.165, 1.54) is 18.0 Å². The molecule has 0 unspecified atom stereocenters. The number of Topliss-reactive ketones (excluding diaryl/α,β-unsaturated/α-hetero) is 1. The number of aliphatic hydroxyl groups is 1. The molecule has 224 valence electrons. The molecule has 43 heavy (non-hydrogen) atoms. The van der Waals surface area contributed by atoms with E-state index in [4.69, 9.17) is 9.15 Å². The number of allylic oxidation sites excluding steroid dienone is 1. The molecule has 1 N–H and O–H groups in total. The molecule has 0 spiro atoms. The van der Waals surface area contributed by atoms with Gasteiger partial charge >= 0.3 is 5.97 Å². The molecule has 1 aromatic carbocycles. The zero-order valence-corrected chi connectivity index (χ0v) is 25.4. The van der Waals surface area contributed by atoms with Crippen molar-refractivity contribution in [3.8, 4) is 0 Å². The Labute approximate surface area is 255 Å². The highest BCUT2D eigenvalue weighted by Crippen LogP contribution is 2.68. The molecule has 4 aliphatic rings. The van der Waals surface area contributed by atoms with E-state index in [0.29, 0.717) is 19.3 Å². The van der Waals surface area contributed by atoms with Gasteiger partial charge in [0.05, 0.1) is 18.1 Å². The lowest BCUT2D eigenvalue weighted by Crippen LogP contribution is -2.63. The van der Waals surface area contributed by atoms with Crippen LogP contribution in [0.4, 0.5) is 0 Å². The Morgan fingerprint density at radius 2 is 1.93 bits per heavy atom. The van der Waals surface area contributed by atoms with Gasteiger partial charge in [0.15, 0.2) is 17.2 Å². The van der Waals surface area contributed by atoms with Crippen molar-refractivity contribution in [2.45, 2.75) is 75.5 Å². The van der Waals surface area contributed by atoms with Crippen molar-refractivity contribution in [3.63, 3.8) is 0 Å². The molecule has 4 aliphatic carbocycles. The maximum Gasteiger partial charge on any atom is 0.375 e. The summed E-state index contributed by atoms with van der Waals surface area (Å²) in [6.45, 7) is 4.27. The molecule has 7 atom stereocenters. The first kappa shape index (κ1) is 28.5. The summed E-state index contributed by atoms with van der Waals surface area (Å²) in [7, 11) is 0. The van der Waals surface area contributed by atoms with Crippen LogP contribution in [0.3, 0.4) is 0 Å². The third kappa shape index (κ3) is 4.35. The fourth-order valence-electron chi connectivity index (χ4n) is 9.42. The third-order valence-electron chi connectivity index (χ3n) is 11.4. The first-order valence-corrected chi connectivity index (χ1v) is 16.3. The molecule has 7 rings (SSSR count). The highest BCUT2D eigenvalue weighted by molar-refractivity contribution is 8.00. The van der Waals surface area contributed by atoms with Gasteiger partial charge in [-0.2, -0.15) is 0 Å². The van der Waals surface area contributed by atoms with E-state index in [2.05, 4.69) is 18.8 Å². The Morgan fingerprint density at radius 1 is 1.09 bits per heavy atom. The number of nitrogens with zero attached hydrogens (tertiary/aromatic N) is 1. The van der Waals surface area contributed by atoms with Crippen LogP contribution in [0.5, 0.6) is 0 Å². The van der Waals surface area contributed by atoms with Crippen molar-refractivity contribution in [2.24, 2.45) is 28.6 Å². The van der Waals surface area contributed by atoms with Crippen LogP contribution in [0.1, 0.15) is 69.3 Å². The largest absolute Gasteiger partial charge is 0.457 e. The van der Waals surface area contributed by atoms with E-state index < -0.39 is 23.1 Å². The number of hydrogen-bond acceptors (Lipinski definition) is 8. The molecule has 0 amide bonds. The molecule has 0 saturated heterocycles. The number of furan rings is 1. The molecule has 2 heterocycles. The number of rotatable bonds is 6. The second kappa shape index (κ2) is 10.4. The molecule has 0 bridgehead atoms. The minimum atomic E-state index is -1.41. The average Bonchev–Trinajstić information content (AvgIpc) is 3.63. The minimum absolute atomic E-state index is 0.000361. The fraction of sp³-hybridized carbons (Fsp3) is 0.486. The summed E-state index contributed by atoms with van der Waals surface area (Å²) in [6.07, 6.45) is 8.70. The molecule has 8 heteroatoms. The van der Waals surface area contributed by atoms with Crippen LogP contribution in [0.2, 0.25) is 0 Å². The summed E-state index contributed by atoms with van der Waals surface area (Å²) in [4.78, 5) is 44.9. The van der Waals surface area contributed by atoms with Crippen molar-refractivity contribution in [1.82, 2.24) is 4.98 Å². The summed E-state index contributed by atoms with van der Waals surface area (Å²) in [5.41, 5.74) is -1.25. The van der Waals surface area contributed by atoms with Gasteiger partial charge in [0, 0.05) is 23.4 Å². The van der Waals surface area contributed by atoms with Crippen molar-refractivity contribution in [3.05, 3.63) is 72.3 Å². The number of pyridine rings is 1. The van der Waals surface area contributed by atoms with Gasteiger partial charge in [-0.3, -0.25) is 9.59 Å². The van der Waals surface area contributed by atoms with Crippen LogP contribution >= 0.6 is 11.8 Å². The average molecular weight is 600 g/mol. The molecule has 7 nitrogen and oxygen atoms in total. The van der Waals surface area contributed by atoms with Crippen LogP contribution in [0.25, 0.3) is 10.8 Å². The number of thioether (sulfide) groups is 1. The Hall–Kier alpha value is -3.23.